The van der Waals surface area contributed by atoms with Crippen LogP contribution in [0.2, 0.25) is 0 Å². The predicted octanol–water partition coefficient (Wildman–Crippen LogP) is 4.59. The third kappa shape index (κ3) is 9.22. The number of likely N-dealkylation sites (N-methyl/N-ethyl adjacent to an activating group) is 1. The maximum Gasteiger partial charge on any atom is 0.258 e. The number of carbonyl (C=O) groups is 2. The number of hydrogen-bond acceptors (Lipinski definition) is 9. The second-order valence-electron chi connectivity index (χ2n) is 12.7. The average molecular weight is 685 g/mol. The van der Waals surface area contributed by atoms with Crippen LogP contribution in [-0.2, 0) is 26.0 Å². The van der Waals surface area contributed by atoms with Crippen molar-refractivity contribution >= 4 is 27.5 Å². The molecule has 0 radical (unpaired) electrons. The molecule has 12 nitrogen and oxygen atoms in total. The van der Waals surface area contributed by atoms with Gasteiger partial charge in [0.1, 0.15) is 16.3 Å². The van der Waals surface area contributed by atoms with E-state index in [1.54, 1.807) is 43.9 Å². The molecule has 3 aromatic rings. The number of rotatable bonds is 9. The number of nitrogens with zero attached hydrogens (tertiary/aromatic N) is 3. The van der Waals surface area contributed by atoms with E-state index in [-0.39, 0.29) is 66.0 Å². The minimum Gasteiger partial charge on any atom is -0.490 e. The van der Waals surface area contributed by atoms with Crippen molar-refractivity contribution in [2.45, 2.75) is 83.4 Å². The molecular weight excluding hydrogens is 636 g/mol. The number of amides is 2. The summed E-state index contributed by atoms with van der Waals surface area (Å²) in [5.41, 5.74) is 1.83. The number of hydrogen-bond donors (Lipinski definition) is 2. The van der Waals surface area contributed by atoms with Gasteiger partial charge in [0, 0.05) is 38.3 Å². The molecule has 2 heterocycles. The molecule has 0 spiro atoms. The molecule has 4 atom stereocenters. The number of sulfonamides is 1. The van der Waals surface area contributed by atoms with Gasteiger partial charge in [0.05, 0.1) is 36.8 Å². The Hall–Kier alpha value is -3.78. The molecular formula is C35H48N4O8S. The van der Waals surface area contributed by atoms with E-state index in [9.17, 15) is 23.1 Å². The minimum absolute atomic E-state index is 0.0246. The third-order valence-electron chi connectivity index (χ3n) is 8.62. The molecule has 48 heavy (non-hydrogen) atoms. The van der Waals surface area contributed by atoms with E-state index in [2.05, 4.69) is 10.5 Å². The fourth-order valence-corrected chi connectivity index (χ4v) is 7.27. The quantitative estimate of drug-likeness (QED) is 0.330. The highest BCUT2D eigenvalue weighted by Gasteiger charge is 2.34. The van der Waals surface area contributed by atoms with Crippen molar-refractivity contribution in [2.24, 2.45) is 5.92 Å². The SMILES string of the molecule is Cc1noc(C)c1S(=O)(=O)N(C)C[C@H]1OCCCC[C@@H](C)Oc2ccc(NC(=O)Cc3ccccc3)cc2C(=O)N([C@H](C)CO)C[C@@H]1C. The maximum atomic E-state index is 14.4. The lowest BCUT2D eigenvalue weighted by Gasteiger charge is -2.35. The molecule has 0 aliphatic carbocycles. The molecule has 2 N–H and O–H groups in total. The van der Waals surface area contributed by atoms with Crippen molar-refractivity contribution < 1.29 is 37.1 Å². The highest BCUT2D eigenvalue weighted by molar-refractivity contribution is 7.89. The van der Waals surface area contributed by atoms with E-state index >= 15 is 0 Å². The Morgan fingerprint density at radius 3 is 2.54 bits per heavy atom. The van der Waals surface area contributed by atoms with E-state index in [4.69, 9.17) is 14.0 Å². The second kappa shape index (κ2) is 16.6. The lowest BCUT2D eigenvalue weighted by molar-refractivity contribution is -0.115. The van der Waals surface area contributed by atoms with Gasteiger partial charge in [-0.15, -0.1) is 0 Å². The molecule has 0 unspecified atom stereocenters. The number of nitrogens with one attached hydrogen (secondary N) is 1. The number of anilines is 1. The zero-order valence-electron chi connectivity index (χ0n) is 28.6. The van der Waals surface area contributed by atoms with Crippen LogP contribution < -0.4 is 10.1 Å². The number of fused-ring (bicyclic) bond motifs is 1. The molecule has 0 saturated heterocycles. The van der Waals surface area contributed by atoms with E-state index in [1.165, 1.54) is 11.4 Å². The summed E-state index contributed by atoms with van der Waals surface area (Å²) in [6, 6.07) is 13.8. The maximum absolute atomic E-state index is 14.4. The highest BCUT2D eigenvalue weighted by atomic mass is 32.2. The summed E-state index contributed by atoms with van der Waals surface area (Å²) in [6.45, 7) is 9.00. The molecule has 262 valence electrons. The summed E-state index contributed by atoms with van der Waals surface area (Å²) >= 11 is 0. The first-order valence-corrected chi connectivity index (χ1v) is 17.8. The van der Waals surface area contributed by atoms with Crippen LogP contribution in [0.3, 0.4) is 0 Å². The van der Waals surface area contributed by atoms with Crippen LogP contribution in [0.15, 0.2) is 57.9 Å². The molecule has 4 rings (SSSR count). The van der Waals surface area contributed by atoms with Crippen molar-refractivity contribution in [3.8, 4) is 5.75 Å². The Kier molecular flexibility index (Phi) is 12.8. The molecule has 1 aliphatic heterocycles. The Morgan fingerprint density at radius 1 is 1.15 bits per heavy atom. The summed E-state index contributed by atoms with van der Waals surface area (Å²) in [6.07, 6.45) is 1.59. The Bertz CT molecular complexity index is 1630. The normalized spacial score (nSPS) is 20.5. The lowest BCUT2D eigenvalue weighted by atomic mass is 10.0. The number of aromatic nitrogens is 1. The average Bonchev–Trinajstić information content (AvgIpc) is 3.40. The number of aliphatic hydroxyl groups excluding tert-OH is 1. The Balaban J connectivity index is 1.64. The molecule has 1 aliphatic rings. The highest BCUT2D eigenvalue weighted by Crippen LogP contribution is 2.29. The van der Waals surface area contributed by atoms with Gasteiger partial charge in [0.15, 0.2) is 5.76 Å². The van der Waals surface area contributed by atoms with Crippen LogP contribution >= 0.6 is 0 Å². The topological polar surface area (TPSA) is 152 Å². The zero-order chi connectivity index (χ0) is 35.0. The zero-order valence-corrected chi connectivity index (χ0v) is 29.5. The minimum atomic E-state index is -3.94. The molecule has 13 heteroatoms. The predicted molar refractivity (Wildman–Crippen MR) is 181 cm³/mol. The van der Waals surface area contributed by atoms with Gasteiger partial charge in [-0.05, 0) is 70.7 Å². The van der Waals surface area contributed by atoms with Crippen LogP contribution in [0.4, 0.5) is 5.69 Å². The first kappa shape index (κ1) is 37.0. The van der Waals surface area contributed by atoms with Gasteiger partial charge in [-0.25, -0.2) is 8.42 Å². The van der Waals surface area contributed by atoms with Gasteiger partial charge in [0.2, 0.25) is 15.9 Å². The molecule has 0 saturated carbocycles. The summed E-state index contributed by atoms with van der Waals surface area (Å²) < 4.78 is 46.1. The summed E-state index contributed by atoms with van der Waals surface area (Å²) in [5, 5.41) is 16.9. The summed E-state index contributed by atoms with van der Waals surface area (Å²) in [4.78, 5) is 28.8. The fraction of sp³-hybridized carbons (Fsp3) is 0.514. The monoisotopic (exact) mass is 684 g/mol. The fourth-order valence-electron chi connectivity index (χ4n) is 5.80. The van der Waals surface area contributed by atoms with Gasteiger partial charge in [0.25, 0.3) is 5.91 Å². The van der Waals surface area contributed by atoms with Crippen molar-refractivity contribution in [2.75, 3.05) is 38.7 Å². The van der Waals surface area contributed by atoms with Crippen molar-refractivity contribution in [1.29, 1.82) is 0 Å². The number of carbonyl (C=O) groups excluding carboxylic acids is 2. The smallest absolute Gasteiger partial charge is 0.258 e. The van der Waals surface area contributed by atoms with Crippen molar-refractivity contribution in [1.82, 2.24) is 14.4 Å². The lowest BCUT2D eigenvalue weighted by Crippen LogP contribution is -2.48. The van der Waals surface area contributed by atoms with E-state index < -0.39 is 28.1 Å². The van der Waals surface area contributed by atoms with Gasteiger partial charge < -0.3 is 29.3 Å². The van der Waals surface area contributed by atoms with Crippen molar-refractivity contribution in [3.05, 3.63) is 71.1 Å². The molecule has 1 aromatic heterocycles. The van der Waals surface area contributed by atoms with Gasteiger partial charge in [-0.3, -0.25) is 9.59 Å². The van der Waals surface area contributed by atoms with Crippen LogP contribution in [0.5, 0.6) is 5.75 Å². The van der Waals surface area contributed by atoms with Gasteiger partial charge in [-0.2, -0.15) is 4.31 Å². The number of aryl methyl sites for hydroxylation is 2. The third-order valence-corrected chi connectivity index (χ3v) is 10.7. The van der Waals surface area contributed by atoms with E-state index in [0.29, 0.717) is 24.5 Å². The van der Waals surface area contributed by atoms with Crippen LogP contribution in [0, 0.1) is 19.8 Å². The Labute approximate surface area is 283 Å². The summed E-state index contributed by atoms with van der Waals surface area (Å²) in [5.74, 6) is -0.374. The summed E-state index contributed by atoms with van der Waals surface area (Å²) in [7, 11) is -2.45. The second-order valence-corrected chi connectivity index (χ2v) is 14.6. The van der Waals surface area contributed by atoms with Gasteiger partial charge in [-0.1, -0.05) is 42.4 Å². The number of benzene rings is 2. The molecule has 2 aromatic carbocycles. The molecule has 0 fully saturated rings. The number of aliphatic hydroxyl groups is 1. The molecule has 0 bridgehead atoms. The Morgan fingerprint density at radius 2 is 1.88 bits per heavy atom. The van der Waals surface area contributed by atoms with Crippen molar-refractivity contribution in [3.63, 3.8) is 0 Å². The number of ether oxygens (including phenoxy) is 2. The van der Waals surface area contributed by atoms with Crippen LogP contribution in [0.25, 0.3) is 0 Å². The first-order valence-electron chi connectivity index (χ1n) is 16.4. The van der Waals surface area contributed by atoms with Crippen LogP contribution in [-0.4, -0.2) is 91.3 Å². The first-order chi connectivity index (χ1) is 22.8. The largest absolute Gasteiger partial charge is 0.490 e. The standard InChI is InChI=1S/C35H48N4O8S/c1-23-20-39(24(2)22-40)35(42)30-19-29(36-33(41)18-28-13-8-7-9-14-28)15-16-31(30)46-25(3)12-10-11-17-45-32(23)21-38(6)48(43,44)34-26(4)37-47-27(34)5/h7-9,13-16,19,23-25,32,40H,10-12,17-18,20-22H2,1-6H3,(H,36,41)/t23-,24+,25+,32+/m0/s1. The van der Waals surface area contributed by atoms with E-state index in [0.717, 1.165) is 18.4 Å². The molecule has 2 amide bonds. The van der Waals surface area contributed by atoms with E-state index in [1.807, 2.05) is 44.2 Å². The van der Waals surface area contributed by atoms with Crippen LogP contribution in [0.1, 0.15) is 67.4 Å². The van der Waals surface area contributed by atoms with Gasteiger partial charge >= 0.3 is 0 Å².